The summed E-state index contributed by atoms with van der Waals surface area (Å²) in [5, 5.41) is 3.94. The van der Waals surface area contributed by atoms with Gasteiger partial charge in [-0.25, -0.2) is 0 Å². The van der Waals surface area contributed by atoms with Crippen molar-refractivity contribution >= 4 is 0 Å². The summed E-state index contributed by atoms with van der Waals surface area (Å²) in [6, 6.07) is 10.2. The molecule has 2 rings (SSSR count). The zero-order valence-electron chi connectivity index (χ0n) is 7.53. The molecule has 1 aromatic carbocycles. The Morgan fingerprint density at radius 2 is 2.00 bits per heavy atom. The average molecular weight is 173 g/mol. The van der Waals surface area contributed by atoms with Gasteiger partial charge in [0.25, 0.3) is 0 Å². The molecule has 2 nitrogen and oxygen atoms in total. The third-order valence-corrected chi connectivity index (χ3v) is 2.06. The summed E-state index contributed by atoms with van der Waals surface area (Å²) in [6.45, 7) is 2.07. The molecule has 0 unspecified atom stereocenters. The molecular weight excluding hydrogens is 162 g/mol. The summed E-state index contributed by atoms with van der Waals surface area (Å²) < 4.78 is 4.94. The predicted molar refractivity (Wildman–Crippen MR) is 51.3 cm³/mol. The van der Waals surface area contributed by atoms with Crippen LogP contribution in [0, 0.1) is 0 Å². The van der Waals surface area contributed by atoms with E-state index in [-0.39, 0.29) is 0 Å². The van der Waals surface area contributed by atoms with Gasteiger partial charge in [-0.2, -0.15) is 0 Å². The van der Waals surface area contributed by atoms with Crippen molar-refractivity contribution in [1.29, 1.82) is 0 Å². The number of benzene rings is 1. The van der Waals surface area contributed by atoms with Gasteiger partial charge in [0.05, 0.1) is 5.69 Å². The predicted octanol–water partition coefficient (Wildman–Crippen LogP) is 2.90. The maximum absolute atomic E-state index is 4.94. The van der Waals surface area contributed by atoms with Gasteiger partial charge in [-0.3, -0.25) is 0 Å². The van der Waals surface area contributed by atoms with Crippen molar-refractivity contribution in [2.45, 2.75) is 13.3 Å². The summed E-state index contributed by atoms with van der Waals surface area (Å²) in [7, 11) is 0. The van der Waals surface area contributed by atoms with Gasteiger partial charge in [0, 0.05) is 5.56 Å². The Bertz CT molecular complexity index is 378. The molecule has 0 saturated carbocycles. The first-order valence-corrected chi connectivity index (χ1v) is 4.40. The highest BCUT2D eigenvalue weighted by Gasteiger charge is 2.06. The molecule has 0 aliphatic carbocycles. The van der Waals surface area contributed by atoms with E-state index >= 15 is 0 Å². The SMILES string of the molecule is CCc1nocc1-c1ccccc1. The van der Waals surface area contributed by atoms with Crippen molar-refractivity contribution in [3.8, 4) is 11.1 Å². The minimum atomic E-state index is 0.903. The Labute approximate surface area is 77.2 Å². The zero-order chi connectivity index (χ0) is 9.10. The number of aryl methyl sites for hydroxylation is 1. The van der Waals surface area contributed by atoms with E-state index in [0.29, 0.717) is 0 Å². The Balaban J connectivity index is 2.47. The maximum Gasteiger partial charge on any atom is 0.131 e. The normalized spacial score (nSPS) is 10.2. The van der Waals surface area contributed by atoms with Crippen LogP contribution in [0.25, 0.3) is 11.1 Å². The van der Waals surface area contributed by atoms with E-state index in [4.69, 9.17) is 4.52 Å². The second-order valence-corrected chi connectivity index (χ2v) is 2.89. The van der Waals surface area contributed by atoms with Gasteiger partial charge in [0.1, 0.15) is 6.26 Å². The molecule has 0 amide bonds. The summed E-state index contributed by atoms with van der Waals surface area (Å²) >= 11 is 0. The van der Waals surface area contributed by atoms with Crippen LogP contribution >= 0.6 is 0 Å². The van der Waals surface area contributed by atoms with Crippen molar-refractivity contribution in [3.05, 3.63) is 42.3 Å². The topological polar surface area (TPSA) is 26.0 Å². The van der Waals surface area contributed by atoms with Crippen LogP contribution in [0.15, 0.2) is 41.1 Å². The minimum Gasteiger partial charge on any atom is -0.364 e. The molecule has 0 atom stereocenters. The second kappa shape index (κ2) is 3.44. The van der Waals surface area contributed by atoms with Crippen LogP contribution in [-0.2, 0) is 6.42 Å². The number of rotatable bonds is 2. The van der Waals surface area contributed by atoms with E-state index < -0.39 is 0 Å². The number of aromatic nitrogens is 1. The third kappa shape index (κ3) is 1.47. The summed E-state index contributed by atoms with van der Waals surface area (Å²) in [5.41, 5.74) is 3.29. The van der Waals surface area contributed by atoms with Gasteiger partial charge in [0.15, 0.2) is 0 Å². The van der Waals surface area contributed by atoms with E-state index in [1.807, 2.05) is 18.2 Å². The van der Waals surface area contributed by atoms with E-state index in [1.54, 1.807) is 6.26 Å². The quantitative estimate of drug-likeness (QED) is 0.697. The van der Waals surface area contributed by atoms with Crippen LogP contribution in [-0.4, -0.2) is 5.16 Å². The van der Waals surface area contributed by atoms with Crippen LogP contribution in [0.2, 0.25) is 0 Å². The standard InChI is InChI=1S/C11H11NO/c1-2-11-10(8-13-12-11)9-6-4-3-5-7-9/h3-8H,2H2,1H3. The third-order valence-electron chi connectivity index (χ3n) is 2.06. The molecule has 0 spiro atoms. The van der Waals surface area contributed by atoms with E-state index in [9.17, 15) is 0 Å². The lowest BCUT2D eigenvalue weighted by Crippen LogP contribution is -1.83. The Hall–Kier alpha value is -1.57. The first-order valence-electron chi connectivity index (χ1n) is 4.40. The van der Waals surface area contributed by atoms with E-state index in [2.05, 4.69) is 24.2 Å². The van der Waals surface area contributed by atoms with Crippen molar-refractivity contribution in [2.24, 2.45) is 0 Å². The summed E-state index contributed by atoms with van der Waals surface area (Å²) in [5.74, 6) is 0. The van der Waals surface area contributed by atoms with Gasteiger partial charge < -0.3 is 4.52 Å². The highest BCUT2D eigenvalue weighted by atomic mass is 16.5. The molecule has 0 aliphatic heterocycles. The van der Waals surface area contributed by atoms with Gasteiger partial charge >= 0.3 is 0 Å². The highest BCUT2D eigenvalue weighted by molar-refractivity contribution is 5.64. The average Bonchev–Trinajstić information content (AvgIpc) is 2.67. The maximum atomic E-state index is 4.94. The summed E-state index contributed by atoms with van der Waals surface area (Å²) in [4.78, 5) is 0. The Morgan fingerprint density at radius 1 is 1.23 bits per heavy atom. The molecule has 2 heteroatoms. The largest absolute Gasteiger partial charge is 0.364 e. The van der Waals surface area contributed by atoms with Gasteiger partial charge in [-0.05, 0) is 12.0 Å². The lowest BCUT2D eigenvalue weighted by Gasteiger charge is -1.97. The fourth-order valence-electron chi connectivity index (χ4n) is 1.37. The molecule has 0 bridgehead atoms. The molecule has 0 fully saturated rings. The smallest absolute Gasteiger partial charge is 0.131 e. The molecule has 1 heterocycles. The lowest BCUT2D eigenvalue weighted by atomic mass is 10.1. The fraction of sp³-hybridized carbons (Fsp3) is 0.182. The molecular formula is C11H11NO. The monoisotopic (exact) mass is 173 g/mol. The number of hydrogen-bond acceptors (Lipinski definition) is 2. The van der Waals surface area contributed by atoms with Crippen LogP contribution in [0.5, 0.6) is 0 Å². The van der Waals surface area contributed by atoms with E-state index in [1.165, 1.54) is 5.56 Å². The molecule has 0 radical (unpaired) electrons. The summed E-state index contributed by atoms with van der Waals surface area (Å²) in [6.07, 6.45) is 2.61. The molecule has 13 heavy (non-hydrogen) atoms. The highest BCUT2D eigenvalue weighted by Crippen LogP contribution is 2.22. The second-order valence-electron chi connectivity index (χ2n) is 2.89. The lowest BCUT2D eigenvalue weighted by molar-refractivity contribution is 0.412. The van der Waals surface area contributed by atoms with Gasteiger partial charge in [0.2, 0.25) is 0 Å². The van der Waals surface area contributed by atoms with Crippen LogP contribution in [0.4, 0.5) is 0 Å². The Morgan fingerprint density at radius 3 is 2.69 bits per heavy atom. The number of nitrogens with zero attached hydrogens (tertiary/aromatic N) is 1. The van der Waals surface area contributed by atoms with Crippen LogP contribution in [0.1, 0.15) is 12.6 Å². The molecule has 1 aromatic heterocycles. The minimum absolute atomic E-state index is 0.903. The molecule has 0 aliphatic rings. The molecule has 66 valence electrons. The zero-order valence-corrected chi connectivity index (χ0v) is 7.53. The van der Waals surface area contributed by atoms with E-state index in [0.717, 1.165) is 17.7 Å². The van der Waals surface area contributed by atoms with Crippen LogP contribution < -0.4 is 0 Å². The van der Waals surface area contributed by atoms with Crippen molar-refractivity contribution in [1.82, 2.24) is 5.16 Å². The van der Waals surface area contributed by atoms with Gasteiger partial charge in [-0.1, -0.05) is 42.4 Å². The van der Waals surface area contributed by atoms with Gasteiger partial charge in [-0.15, -0.1) is 0 Å². The Kier molecular flexibility index (Phi) is 2.13. The first kappa shape index (κ1) is 8.05. The first-order chi connectivity index (χ1) is 6.42. The molecule has 0 N–H and O–H groups in total. The van der Waals surface area contributed by atoms with Crippen molar-refractivity contribution < 1.29 is 4.52 Å². The molecule has 2 aromatic rings. The number of hydrogen-bond donors (Lipinski definition) is 0. The fourth-order valence-corrected chi connectivity index (χ4v) is 1.37. The van der Waals surface area contributed by atoms with Crippen molar-refractivity contribution in [2.75, 3.05) is 0 Å². The molecule has 0 saturated heterocycles. The van der Waals surface area contributed by atoms with Crippen molar-refractivity contribution in [3.63, 3.8) is 0 Å². The van der Waals surface area contributed by atoms with Crippen LogP contribution in [0.3, 0.4) is 0 Å².